The fraction of sp³-hybridized carbons (Fsp3) is 0.692. The Labute approximate surface area is 118 Å². The zero-order chi connectivity index (χ0) is 14.0. The Balaban J connectivity index is 1.97. The van der Waals surface area contributed by atoms with E-state index in [0.717, 1.165) is 31.6 Å². The van der Waals surface area contributed by atoms with Crippen LogP contribution in [-0.2, 0) is 10.7 Å². The van der Waals surface area contributed by atoms with E-state index in [4.69, 9.17) is 17.3 Å². The number of piperidine rings is 1. The van der Waals surface area contributed by atoms with Gasteiger partial charge in [-0.3, -0.25) is 9.48 Å². The van der Waals surface area contributed by atoms with Crippen LogP contribution in [0.2, 0.25) is 0 Å². The Kier molecular flexibility index (Phi) is 4.34. The summed E-state index contributed by atoms with van der Waals surface area (Å²) in [4.78, 5) is 13.9. The van der Waals surface area contributed by atoms with Gasteiger partial charge in [0.25, 0.3) is 0 Å². The number of hydrogen-bond acceptors (Lipinski definition) is 3. The largest absolute Gasteiger partial charge is 0.396 e. The first-order chi connectivity index (χ1) is 9.02. The Morgan fingerprint density at radius 2 is 2.16 bits per heavy atom. The fourth-order valence-electron chi connectivity index (χ4n) is 2.45. The first-order valence-electron chi connectivity index (χ1n) is 6.71. The van der Waals surface area contributed by atoms with Crippen LogP contribution in [0.3, 0.4) is 0 Å². The zero-order valence-electron chi connectivity index (χ0n) is 11.5. The Morgan fingerprint density at radius 3 is 2.63 bits per heavy atom. The summed E-state index contributed by atoms with van der Waals surface area (Å²) in [7, 11) is 0. The summed E-state index contributed by atoms with van der Waals surface area (Å²) in [6, 6.07) is 0.315. The molecular formula is C13H21ClN4O. The van der Waals surface area contributed by atoms with Gasteiger partial charge in [0.2, 0.25) is 5.91 Å². The average molecular weight is 285 g/mol. The van der Waals surface area contributed by atoms with E-state index in [1.165, 1.54) is 0 Å². The molecule has 1 aromatic heterocycles. The van der Waals surface area contributed by atoms with Gasteiger partial charge in [0.1, 0.15) is 5.69 Å². The maximum atomic E-state index is 11.9. The molecule has 2 heterocycles. The Morgan fingerprint density at radius 1 is 1.53 bits per heavy atom. The second kappa shape index (κ2) is 5.82. The molecule has 0 bridgehead atoms. The van der Waals surface area contributed by atoms with E-state index in [-0.39, 0.29) is 11.8 Å². The third kappa shape index (κ3) is 3.03. The van der Waals surface area contributed by atoms with Gasteiger partial charge in [-0.05, 0) is 12.8 Å². The highest BCUT2D eigenvalue weighted by Gasteiger charge is 2.25. The van der Waals surface area contributed by atoms with E-state index >= 15 is 0 Å². The predicted molar refractivity (Wildman–Crippen MR) is 75.9 cm³/mol. The lowest BCUT2D eigenvalue weighted by Crippen LogP contribution is -2.41. The molecule has 106 valence electrons. The number of nitrogens with zero attached hydrogens (tertiary/aromatic N) is 3. The molecule has 2 N–H and O–H groups in total. The van der Waals surface area contributed by atoms with Crippen LogP contribution in [0.15, 0.2) is 6.20 Å². The third-order valence-electron chi connectivity index (χ3n) is 3.61. The number of nitrogens with two attached hydrogens (primary N) is 1. The minimum absolute atomic E-state index is 0.0692. The van der Waals surface area contributed by atoms with Gasteiger partial charge in [0.05, 0.1) is 17.6 Å². The smallest absolute Gasteiger partial charge is 0.225 e. The number of aromatic nitrogens is 2. The number of rotatable bonds is 3. The van der Waals surface area contributed by atoms with Gasteiger partial charge in [0, 0.05) is 25.2 Å². The number of hydrogen-bond donors (Lipinski definition) is 1. The van der Waals surface area contributed by atoms with Crippen molar-refractivity contribution < 1.29 is 4.79 Å². The molecule has 2 rings (SSSR count). The second-order valence-corrected chi connectivity index (χ2v) is 5.62. The lowest BCUT2D eigenvalue weighted by molar-refractivity contribution is -0.135. The Bertz CT molecular complexity index is 449. The van der Waals surface area contributed by atoms with Gasteiger partial charge in [-0.2, -0.15) is 5.10 Å². The molecule has 0 aromatic carbocycles. The number of carbonyl (C=O) groups is 1. The standard InChI is InChI=1S/C13H21ClN4O/c1-9(2)13(19)17-5-3-10(4-6-17)18-8-11(15)12(7-14)16-18/h8-10H,3-7,15H2,1-2H3. The molecule has 1 aromatic rings. The quantitative estimate of drug-likeness (QED) is 0.864. The fourth-order valence-corrected chi connectivity index (χ4v) is 2.66. The van der Waals surface area contributed by atoms with E-state index < -0.39 is 0 Å². The van der Waals surface area contributed by atoms with E-state index in [0.29, 0.717) is 17.6 Å². The van der Waals surface area contributed by atoms with Crippen molar-refractivity contribution in [2.24, 2.45) is 5.92 Å². The number of nitrogen functional groups attached to an aromatic ring is 1. The maximum Gasteiger partial charge on any atom is 0.225 e. The number of carbonyl (C=O) groups excluding carboxylic acids is 1. The highest BCUT2D eigenvalue weighted by Crippen LogP contribution is 2.25. The highest BCUT2D eigenvalue weighted by atomic mass is 35.5. The maximum absolute atomic E-state index is 11.9. The van der Waals surface area contributed by atoms with E-state index in [9.17, 15) is 4.79 Å². The molecule has 1 aliphatic rings. The number of halogens is 1. The molecule has 0 atom stereocenters. The monoisotopic (exact) mass is 284 g/mol. The summed E-state index contributed by atoms with van der Waals surface area (Å²) in [5.41, 5.74) is 7.23. The molecule has 0 saturated carbocycles. The van der Waals surface area contributed by atoms with Gasteiger partial charge in [-0.25, -0.2) is 0 Å². The first-order valence-corrected chi connectivity index (χ1v) is 7.24. The van der Waals surface area contributed by atoms with Crippen molar-refractivity contribution in [2.45, 2.75) is 38.6 Å². The number of likely N-dealkylation sites (tertiary alicyclic amines) is 1. The summed E-state index contributed by atoms with van der Waals surface area (Å²) in [6.45, 7) is 5.46. The zero-order valence-corrected chi connectivity index (χ0v) is 12.2. The SMILES string of the molecule is CC(C)C(=O)N1CCC(n2cc(N)c(CCl)n2)CC1. The van der Waals surface area contributed by atoms with E-state index in [1.807, 2.05) is 29.6 Å². The molecule has 1 fully saturated rings. The van der Waals surface area contributed by atoms with Crippen LogP contribution in [0.5, 0.6) is 0 Å². The van der Waals surface area contributed by atoms with Crippen molar-refractivity contribution in [2.75, 3.05) is 18.8 Å². The topological polar surface area (TPSA) is 64.2 Å². The van der Waals surface area contributed by atoms with Gasteiger partial charge < -0.3 is 10.6 Å². The van der Waals surface area contributed by atoms with Crippen molar-refractivity contribution in [3.8, 4) is 0 Å². The molecule has 6 heteroatoms. The van der Waals surface area contributed by atoms with Crippen LogP contribution in [0.1, 0.15) is 38.4 Å². The predicted octanol–water partition coefficient (Wildman–Crippen LogP) is 2.02. The molecule has 1 saturated heterocycles. The van der Waals surface area contributed by atoms with Crippen molar-refractivity contribution in [1.29, 1.82) is 0 Å². The van der Waals surface area contributed by atoms with Crippen molar-refractivity contribution >= 4 is 23.2 Å². The molecule has 0 radical (unpaired) electrons. The van der Waals surface area contributed by atoms with Crippen molar-refractivity contribution in [3.05, 3.63) is 11.9 Å². The number of amides is 1. The second-order valence-electron chi connectivity index (χ2n) is 5.36. The average Bonchev–Trinajstić information content (AvgIpc) is 2.79. The van der Waals surface area contributed by atoms with Gasteiger partial charge in [0.15, 0.2) is 0 Å². The lowest BCUT2D eigenvalue weighted by Gasteiger charge is -2.33. The summed E-state index contributed by atoms with van der Waals surface area (Å²) in [6.07, 6.45) is 3.69. The Hall–Kier alpha value is -1.23. The van der Waals surface area contributed by atoms with Gasteiger partial charge >= 0.3 is 0 Å². The van der Waals surface area contributed by atoms with Crippen molar-refractivity contribution in [1.82, 2.24) is 14.7 Å². The summed E-state index contributed by atoms with van der Waals surface area (Å²) >= 11 is 5.78. The molecule has 0 aliphatic carbocycles. The van der Waals surface area contributed by atoms with Gasteiger partial charge in [-0.15, -0.1) is 11.6 Å². The van der Waals surface area contributed by atoms with Gasteiger partial charge in [-0.1, -0.05) is 13.8 Å². The molecule has 0 unspecified atom stereocenters. The molecular weight excluding hydrogens is 264 g/mol. The minimum Gasteiger partial charge on any atom is -0.396 e. The molecule has 5 nitrogen and oxygen atoms in total. The minimum atomic E-state index is 0.0692. The summed E-state index contributed by atoms with van der Waals surface area (Å²) in [5, 5.41) is 4.41. The van der Waals surface area contributed by atoms with Crippen LogP contribution < -0.4 is 5.73 Å². The van der Waals surface area contributed by atoms with Crippen molar-refractivity contribution in [3.63, 3.8) is 0 Å². The first kappa shape index (κ1) is 14.2. The molecule has 1 aliphatic heterocycles. The lowest BCUT2D eigenvalue weighted by atomic mass is 10.0. The molecule has 19 heavy (non-hydrogen) atoms. The molecule has 1 amide bonds. The number of anilines is 1. The normalized spacial score (nSPS) is 17.2. The summed E-state index contributed by atoms with van der Waals surface area (Å²) < 4.78 is 1.91. The van der Waals surface area contributed by atoms with Crippen LogP contribution in [-0.4, -0.2) is 33.7 Å². The van der Waals surface area contributed by atoms with Crippen LogP contribution in [0.4, 0.5) is 5.69 Å². The van der Waals surface area contributed by atoms with E-state index in [2.05, 4.69) is 5.10 Å². The number of alkyl halides is 1. The van der Waals surface area contributed by atoms with Crippen LogP contribution >= 0.6 is 11.6 Å². The summed E-state index contributed by atoms with van der Waals surface area (Å²) in [5.74, 6) is 0.642. The third-order valence-corrected chi connectivity index (χ3v) is 3.86. The molecule has 0 spiro atoms. The van der Waals surface area contributed by atoms with Crippen LogP contribution in [0.25, 0.3) is 0 Å². The van der Waals surface area contributed by atoms with Crippen LogP contribution in [0, 0.1) is 5.92 Å². The van der Waals surface area contributed by atoms with E-state index in [1.54, 1.807) is 0 Å². The highest BCUT2D eigenvalue weighted by molar-refractivity contribution is 6.17.